The van der Waals surface area contributed by atoms with Crippen molar-refractivity contribution in [1.82, 2.24) is 0 Å². The Bertz CT molecular complexity index is 517. The lowest BCUT2D eigenvalue weighted by atomic mass is 9.84. The smallest absolute Gasteiger partial charge is 0.328 e. The van der Waals surface area contributed by atoms with E-state index >= 15 is 0 Å². The monoisotopic (exact) mass is 277 g/mol. The van der Waals surface area contributed by atoms with E-state index in [2.05, 4.69) is 5.32 Å². The lowest BCUT2D eigenvalue weighted by Gasteiger charge is -2.34. The van der Waals surface area contributed by atoms with E-state index in [0.717, 1.165) is 23.4 Å². The molecule has 1 aromatic rings. The van der Waals surface area contributed by atoms with E-state index in [-0.39, 0.29) is 24.0 Å². The number of carbonyl (C=O) groups is 1. The molecule has 0 aromatic heterocycles. The molecule has 0 saturated carbocycles. The summed E-state index contributed by atoms with van der Waals surface area (Å²) in [6.45, 7) is 2.89. The summed E-state index contributed by atoms with van der Waals surface area (Å²) in [5.41, 5.74) is 1.99. The fourth-order valence-corrected chi connectivity index (χ4v) is 3.04. The van der Waals surface area contributed by atoms with Crippen LogP contribution in [0.5, 0.6) is 5.75 Å². The predicted octanol–water partition coefficient (Wildman–Crippen LogP) is 2.13. The Labute approximate surface area is 118 Å². The van der Waals surface area contributed by atoms with Crippen LogP contribution in [0.3, 0.4) is 0 Å². The van der Waals surface area contributed by atoms with Crippen molar-refractivity contribution in [2.24, 2.45) is 5.92 Å². The van der Waals surface area contributed by atoms with Crippen LogP contribution in [0, 0.1) is 5.92 Å². The van der Waals surface area contributed by atoms with Crippen LogP contribution in [0.15, 0.2) is 18.2 Å². The minimum Gasteiger partial charge on any atom is -0.497 e. The van der Waals surface area contributed by atoms with Crippen molar-refractivity contribution in [3.8, 4) is 5.75 Å². The second-order valence-corrected chi connectivity index (χ2v) is 5.07. The number of benzene rings is 1. The molecule has 3 unspecified atom stereocenters. The normalized spacial score (nSPS) is 27.2. The Balaban J connectivity index is 1.94. The Kier molecular flexibility index (Phi) is 3.53. The van der Waals surface area contributed by atoms with Crippen LogP contribution < -0.4 is 10.1 Å². The maximum Gasteiger partial charge on any atom is 0.328 e. The van der Waals surface area contributed by atoms with E-state index < -0.39 is 0 Å². The number of methoxy groups -OCH3 is 1. The van der Waals surface area contributed by atoms with Gasteiger partial charge in [-0.3, -0.25) is 0 Å². The van der Waals surface area contributed by atoms with Gasteiger partial charge in [-0.05, 0) is 31.5 Å². The van der Waals surface area contributed by atoms with Gasteiger partial charge in [-0.15, -0.1) is 0 Å². The Hall–Kier alpha value is -1.75. The number of ether oxygens (including phenoxy) is 3. The number of hydrogen-bond donors (Lipinski definition) is 1. The van der Waals surface area contributed by atoms with Gasteiger partial charge in [0, 0.05) is 23.8 Å². The summed E-state index contributed by atoms with van der Waals surface area (Å²) in [5, 5.41) is 3.29. The lowest BCUT2D eigenvalue weighted by Crippen LogP contribution is -2.43. The predicted molar refractivity (Wildman–Crippen MR) is 73.8 cm³/mol. The molecule has 0 radical (unpaired) electrons. The summed E-state index contributed by atoms with van der Waals surface area (Å²) in [7, 11) is 1.65. The molecule has 2 aliphatic heterocycles. The number of hydrogen-bond acceptors (Lipinski definition) is 5. The summed E-state index contributed by atoms with van der Waals surface area (Å²) < 4.78 is 16.3. The molecule has 2 aliphatic rings. The molecule has 1 N–H and O–H groups in total. The zero-order chi connectivity index (χ0) is 14.1. The minimum absolute atomic E-state index is 0.0595. The van der Waals surface area contributed by atoms with Gasteiger partial charge >= 0.3 is 5.97 Å². The number of anilines is 1. The topological polar surface area (TPSA) is 56.8 Å². The van der Waals surface area contributed by atoms with Crippen LogP contribution in [0.25, 0.3) is 0 Å². The molecule has 3 atom stereocenters. The van der Waals surface area contributed by atoms with E-state index in [9.17, 15) is 4.79 Å². The van der Waals surface area contributed by atoms with E-state index in [1.807, 2.05) is 25.1 Å². The summed E-state index contributed by atoms with van der Waals surface area (Å²) in [6, 6.07) is 5.46. The van der Waals surface area contributed by atoms with Crippen LogP contribution in [0.1, 0.15) is 25.0 Å². The van der Waals surface area contributed by atoms with E-state index in [1.54, 1.807) is 7.11 Å². The molecule has 3 rings (SSSR count). The maximum absolute atomic E-state index is 12.1. The maximum atomic E-state index is 12.1. The highest BCUT2D eigenvalue weighted by Gasteiger charge is 2.44. The van der Waals surface area contributed by atoms with Gasteiger partial charge in [0.1, 0.15) is 11.8 Å². The molecule has 1 aromatic carbocycles. The van der Waals surface area contributed by atoms with E-state index in [0.29, 0.717) is 13.2 Å². The Morgan fingerprint density at radius 3 is 3.10 bits per heavy atom. The average molecular weight is 277 g/mol. The van der Waals surface area contributed by atoms with Gasteiger partial charge < -0.3 is 19.5 Å². The van der Waals surface area contributed by atoms with E-state index in [4.69, 9.17) is 14.2 Å². The van der Waals surface area contributed by atoms with Crippen LogP contribution in [-0.2, 0) is 14.3 Å². The van der Waals surface area contributed by atoms with Crippen molar-refractivity contribution in [2.75, 3.05) is 25.6 Å². The molecule has 108 valence electrons. The zero-order valence-electron chi connectivity index (χ0n) is 11.7. The first kappa shape index (κ1) is 13.2. The number of carbonyl (C=O) groups excluding carboxylic acids is 1. The molecule has 5 heteroatoms. The summed E-state index contributed by atoms with van der Waals surface area (Å²) >= 11 is 0. The highest BCUT2D eigenvalue weighted by Crippen LogP contribution is 2.45. The first-order valence-corrected chi connectivity index (χ1v) is 6.97. The average Bonchev–Trinajstić information content (AvgIpc) is 2.95. The van der Waals surface area contributed by atoms with Crippen molar-refractivity contribution in [1.29, 1.82) is 0 Å². The van der Waals surface area contributed by atoms with Crippen LogP contribution >= 0.6 is 0 Å². The zero-order valence-corrected chi connectivity index (χ0v) is 11.7. The highest BCUT2D eigenvalue weighted by atomic mass is 16.5. The number of nitrogens with one attached hydrogen (secondary N) is 1. The minimum atomic E-state index is -0.330. The molecule has 0 aliphatic carbocycles. The Morgan fingerprint density at radius 2 is 2.35 bits per heavy atom. The second-order valence-electron chi connectivity index (χ2n) is 5.07. The second kappa shape index (κ2) is 5.32. The standard InChI is InChI=1S/C15H19NO4/c1-3-19-15(17)13-10-6-7-20-14(10)11-8-9(18-2)4-5-12(11)16-13/h4-5,8,10,13-14,16H,3,6-7H2,1-2H3. The molecule has 2 heterocycles. The number of esters is 1. The molecule has 0 bridgehead atoms. The Morgan fingerprint density at radius 1 is 1.50 bits per heavy atom. The lowest BCUT2D eigenvalue weighted by molar-refractivity contribution is -0.146. The van der Waals surface area contributed by atoms with Crippen LogP contribution in [0.4, 0.5) is 5.69 Å². The molecule has 1 fully saturated rings. The van der Waals surface area contributed by atoms with Gasteiger partial charge in [0.25, 0.3) is 0 Å². The quantitative estimate of drug-likeness (QED) is 0.858. The molecule has 5 nitrogen and oxygen atoms in total. The fourth-order valence-electron chi connectivity index (χ4n) is 3.04. The van der Waals surface area contributed by atoms with Crippen LogP contribution in [0.2, 0.25) is 0 Å². The summed E-state index contributed by atoms with van der Waals surface area (Å²) in [4.78, 5) is 12.1. The summed E-state index contributed by atoms with van der Waals surface area (Å²) in [6.07, 6.45) is 0.799. The molecule has 20 heavy (non-hydrogen) atoms. The first-order chi connectivity index (χ1) is 9.74. The van der Waals surface area contributed by atoms with Crippen molar-refractivity contribution in [3.05, 3.63) is 23.8 Å². The van der Waals surface area contributed by atoms with Gasteiger partial charge in [-0.1, -0.05) is 0 Å². The van der Waals surface area contributed by atoms with E-state index in [1.165, 1.54) is 0 Å². The third-order valence-electron chi connectivity index (χ3n) is 3.98. The molecular formula is C15H19NO4. The highest BCUT2D eigenvalue weighted by molar-refractivity contribution is 5.81. The number of fused-ring (bicyclic) bond motifs is 3. The fraction of sp³-hybridized carbons (Fsp3) is 0.533. The van der Waals surface area contributed by atoms with Crippen molar-refractivity contribution >= 4 is 11.7 Å². The van der Waals surface area contributed by atoms with Crippen molar-refractivity contribution < 1.29 is 19.0 Å². The van der Waals surface area contributed by atoms with Gasteiger partial charge in [0.15, 0.2) is 0 Å². The number of rotatable bonds is 3. The largest absolute Gasteiger partial charge is 0.497 e. The third kappa shape index (κ3) is 2.12. The van der Waals surface area contributed by atoms with Crippen molar-refractivity contribution in [2.45, 2.75) is 25.5 Å². The molecule has 0 amide bonds. The SMILES string of the molecule is CCOC(=O)C1Nc2ccc(OC)cc2C2OCCC12. The molecule has 1 saturated heterocycles. The summed E-state index contributed by atoms with van der Waals surface area (Å²) in [5.74, 6) is 0.720. The molecular weight excluding hydrogens is 258 g/mol. The molecule has 0 spiro atoms. The van der Waals surface area contributed by atoms with Gasteiger partial charge in [0.2, 0.25) is 0 Å². The van der Waals surface area contributed by atoms with Crippen LogP contribution in [-0.4, -0.2) is 32.3 Å². The van der Waals surface area contributed by atoms with Gasteiger partial charge in [-0.25, -0.2) is 4.79 Å². The third-order valence-corrected chi connectivity index (χ3v) is 3.98. The van der Waals surface area contributed by atoms with Gasteiger partial charge in [0.05, 0.1) is 19.8 Å². The first-order valence-electron chi connectivity index (χ1n) is 6.97. The van der Waals surface area contributed by atoms with Crippen molar-refractivity contribution in [3.63, 3.8) is 0 Å². The van der Waals surface area contributed by atoms with Gasteiger partial charge in [-0.2, -0.15) is 0 Å².